The number of Topliss-reactive ketones (excluding diaryl/α,β-unsaturated/α-hetero) is 1. The largest absolute Gasteiger partial charge is 0.299 e. The fourth-order valence-corrected chi connectivity index (χ4v) is 1.07. The standard InChI is InChI=1S/C9H11ClN2O/c1-2-3-8(13)4-9-11-5-7(10)6-12-9/h5-6H,2-4H2,1H3. The van der Waals surface area contributed by atoms with E-state index >= 15 is 0 Å². The van der Waals surface area contributed by atoms with Crippen LogP contribution in [0.4, 0.5) is 0 Å². The molecule has 0 amide bonds. The van der Waals surface area contributed by atoms with Gasteiger partial charge < -0.3 is 0 Å². The molecule has 1 aromatic rings. The van der Waals surface area contributed by atoms with Crippen molar-refractivity contribution in [2.45, 2.75) is 26.2 Å². The molecule has 0 unspecified atom stereocenters. The number of hydrogen-bond acceptors (Lipinski definition) is 3. The van der Waals surface area contributed by atoms with Crippen LogP contribution in [0.3, 0.4) is 0 Å². The van der Waals surface area contributed by atoms with E-state index in [-0.39, 0.29) is 5.78 Å². The fourth-order valence-electron chi connectivity index (χ4n) is 0.974. The fraction of sp³-hybridized carbons (Fsp3) is 0.444. The Morgan fingerprint density at radius 1 is 1.46 bits per heavy atom. The third-order valence-corrected chi connectivity index (χ3v) is 1.75. The van der Waals surface area contributed by atoms with Crippen LogP contribution in [0, 0.1) is 0 Å². The second-order valence-electron chi connectivity index (χ2n) is 2.78. The zero-order valence-corrected chi connectivity index (χ0v) is 8.21. The smallest absolute Gasteiger partial charge is 0.140 e. The van der Waals surface area contributed by atoms with E-state index in [4.69, 9.17) is 11.6 Å². The third kappa shape index (κ3) is 3.51. The van der Waals surface area contributed by atoms with Crippen LogP contribution in [0.2, 0.25) is 5.02 Å². The van der Waals surface area contributed by atoms with Gasteiger partial charge in [0.05, 0.1) is 11.4 Å². The highest BCUT2D eigenvalue weighted by molar-refractivity contribution is 6.30. The number of nitrogens with zero attached hydrogens (tertiary/aromatic N) is 2. The van der Waals surface area contributed by atoms with Gasteiger partial charge in [-0.2, -0.15) is 0 Å². The molecule has 0 atom stereocenters. The van der Waals surface area contributed by atoms with Gasteiger partial charge in [0.1, 0.15) is 11.6 Å². The summed E-state index contributed by atoms with van der Waals surface area (Å²) in [5, 5.41) is 0.492. The van der Waals surface area contributed by atoms with Crippen LogP contribution in [-0.2, 0) is 11.2 Å². The van der Waals surface area contributed by atoms with E-state index in [9.17, 15) is 4.79 Å². The minimum absolute atomic E-state index is 0.171. The summed E-state index contributed by atoms with van der Waals surface area (Å²) in [5.74, 6) is 0.715. The summed E-state index contributed by atoms with van der Waals surface area (Å²) in [4.78, 5) is 19.1. The van der Waals surface area contributed by atoms with Gasteiger partial charge in [-0.15, -0.1) is 0 Å². The summed E-state index contributed by atoms with van der Waals surface area (Å²) in [5.41, 5.74) is 0. The third-order valence-electron chi connectivity index (χ3n) is 1.56. The maximum atomic E-state index is 11.2. The van der Waals surface area contributed by atoms with Crippen molar-refractivity contribution in [1.82, 2.24) is 9.97 Å². The predicted octanol–water partition coefficient (Wildman–Crippen LogP) is 2.04. The molecule has 0 aromatic carbocycles. The van der Waals surface area contributed by atoms with Crippen molar-refractivity contribution in [3.05, 3.63) is 23.2 Å². The second kappa shape index (κ2) is 4.92. The van der Waals surface area contributed by atoms with Crippen LogP contribution in [0.5, 0.6) is 0 Å². The van der Waals surface area contributed by atoms with Crippen LogP contribution < -0.4 is 0 Å². The average molecular weight is 199 g/mol. The quantitative estimate of drug-likeness (QED) is 0.744. The number of carbonyl (C=O) groups is 1. The molecule has 0 aliphatic rings. The molecule has 0 spiro atoms. The molecule has 3 nitrogen and oxygen atoms in total. The first-order valence-electron chi connectivity index (χ1n) is 4.20. The topological polar surface area (TPSA) is 42.9 Å². The van der Waals surface area contributed by atoms with Crippen molar-refractivity contribution >= 4 is 17.4 Å². The summed E-state index contributed by atoms with van der Waals surface area (Å²) in [6.07, 6.45) is 4.77. The van der Waals surface area contributed by atoms with E-state index in [1.54, 1.807) is 0 Å². The normalized spacial score (nSPS) is 10.0. The van der Waals surface area contributed by atoms with Gasteiger partial charge in [-0.1, -0.05) is 18.5 Å². The Morgan fingerprint density at radius 3 is 2.62 bits per heavy atom. The number of hydrogen-bond donors (Lipinski definition) is 0. The molecule has 0 radical (unpaired) electrons. The summed E-state index contributed by atoms with van der Waals surface area (Å²) in [6.45, 7) is 1.97. The van der Waals surface area contributed by atoms with Gasteiger partial charge in [0.25, 0.3) is 0 Å². The number of carbonyl (C=O) groups excluding carboxylic acids is 1. The van der Waals surface area contributed by atoms with Crippen molar-refractivity contribution in [3.8, 4) is 0 Å². The molecule has 0 saturated heterocycles. The zero-order chi connectivity index (χ0) is 9.68. The highest BCUT2D eigenvalue weighted by Gasteiger charge is 2.04. The number of halogens is 1. The lowest BCUT2D eigenvalue weighted by atomic mass is 10.2. The molecular weight excluding hydrogens is 188 g/mol. The van der Waals surface area contributed by atoms with E-state index < -0.39 is 0 Å². The molecule has 1 aromatic heterocycles. The Morgan fingerprint density at radius 2 is 2.08 bits per heavy atom. The molecule has 1 heterocycles. The number of rotatable bonds is 4. The molecule has 13 heavy (non-hydrogen) atoms. The van der Waals surface area contributed by atoms with E-state index in [0.717, 1.165) is 6.42 Å². The van der Waals surface area contributed by atoms with E-state index in [0.29, 0.717) is 23.7 Å². The average Bonchev–Trinajstić information content (AvgIpc) is 2.09. The van der Waals surface area contributed by atoms with Crippen LogP contribution in [0.1, 0.15) is 25.6 Å². The lowest BCUT2D eigenvalue weighted by Crippen LogP contribution is -2.05. The summed E-state index contributed by atoms with van der Waals surface area (Å²) in [6, 6.07) is 0. The van der Waals surface area contributed by atoms with Gasteiger partial charge in [-0.25, -0.2) is 9.97 Å². The van der Waals surface area contributed by atoms with Crippen molar-refractivity contribution in [1.29, 1.82) is 0 Å². The SMILES string of the molecule is CCCC(=O)Cc1ncc(Cl)cn1. The van der Waals surface area contributed by atoms with Crippen LogP contribution >= 0.6 is 11.6 Å². The molecule has 0 fully saturated rings. The Labute approximate surface area is 82.2 Å². The molecule has 0 aliphatic carbocycles. The lowest BCUT2D eigenvalue weighted by Gasteiger charge is -1.97. The first-order valence-corrected chi connectivity index (χ1v) is 4.58. The molecule has 0 bridgehead atoms. The molecule has 0 saturated carbocycles. The molecule has 70 valence electrons. The molecular formula is C9H11ClN2O. The van der Waals surface area contributed by atoms with Crippen molar-refractivity contribution in [3.63, 3.8) is 0 Å². The minimum Gasteiger partial charge on any atom is -0.299 e. The highest BCUT2D eigenvalue weighted by atomic mass is 35.5. The zero-order valence-electron chi connectivity index (χ0n) is 7.46. The monoisotopic (exact) mass is 198 g/mol. The van der Waals surface area contributed by atoms with Crippen LogP contribution in [-0.4, -0.2) is 15.8 Å². The number of ketones is 1. The highest BCUT2D eigenvalue weighted by Crippen LogP contribution is 2.04. The van der Waals surface area contributed by atoms with Crippen LogP contribution in [0.25, 0.3) is 0 Å². The van der Waals surface area contributed by atoms with E-state index in [2.05, 4.69) is 9.97 Å². The Balaban J connectivity index is 2.54. The predicted molar refractivity (Wildman–Crippen MR) is 50.7 cm³/mol. The van der Waals surface area contributed by atoms with Gasteiger partial charge in [0.15, 0.2) is 0 Å². The number of aromatic nitrogens is 2. The van der Waals surface area contributed by atoms with Crippen molar-refractivity contribution in [2.24, 2.45) is 0 Å². The summed E-state index contributed by atoms with van der Waals surface area (Å²) >= 11 is 5.60. The maximum Gasteiger partial charge on any atom is 0.140 e. The van der Waals surface area contributed by atoms with E-state index in [1.807, 2.05) is 6.92 Å². The van der Waals surface area contributed by atoms with Gasteiger partial charge in [-0.3, -0.25) is 4.79 Å². The van der Waals surface area contributed by atoms with Gasteiger partial charge in [0, 0.05) is 18.8 Å². The van der Waals surface area contributed by atoms with Crippen molar-refractivity contribution < 1.29 is 4.79 Å². The molecule has 0 aliphatic heterocycles. The second-order valence-corrected chi connectivity index (χ2v) is 3.22. The van der Waals surface area contributed by atoms with Gasteiger partial charge in [0.2, 0.25) is 0 Å². The van der Waals surface area contributed by atoms with Crippen molar-refractivity contribution in [2.75, 3.05) is 0 Å². The summed E-state index contributed by atoms with van der Waals surface area (Å²) in [7, 11) is 0. The van der Waals surface area contributed by atoms with Crippen LogP contribution in [0.15, 0.2) is 12.4 Å². The first kappa shape index (κ1) is 10.1. The lowest BCUT2D eigenvalue weighted by molar-refractivity contribution is -0.118. The Bertz CT molecular complexity index is 284. The van der Waals surface area contributed by atoms with Gasteiger partial charge >= 0.3 is 0 Å². The molecule has 1 rings (SSSR count). The summed E-state index contributed by atoms with van der Waals surface area (Å²) < 4.78 is 0. The molecule has 4 heteroatoms. The van der Waals surface area contributed by atoms with E-state index in [1.165, 1.54) is 12.4 Å². The molecule has 0 N–H and O–H groups in total. The Hall–Kier alpha value is -0.960. The minimum atomic E-state index is 0.171. The first-order chi connectivity index (χ1) is 6.22. The maximum absolute atomic E-state index is 11.2. The Kier molecular flexibility index (Phi) is 3.83. The van der Waals surface area contributed by atoms with Gasteiger partial charge in [-0.05, 0) is 6.42 Å².